The topological polar surface area (TPSA) is 67.7 Å². The average Bonchev–Trinajstić information content (AvgIpc) is 3.02. The summed E-state index contributed by atoms with van der Waals surface area (Å²) in [5, 5.41) is 12.3. The molecule has 112 valence electrons. The number of para-hydroxylation sites is 1. The third-order valence-electron chi connectivity index (χ3n) is 4.08. The molecule has 0 atom stereocenters. The zero-order chi connectivity index (χ0) is 14.8. The van der Waals surface area contributed by atoms with Crippen LogP contribution in [0.3, 0.4) is 0 Å². The first-order valence-electron chi connectivity index (χ1n) is 7.63. The minimum absolute atomic E-state index is 0.415. The zero-order valence-corrected chi connectivity index (χ0v) is 12.2. The van der Waals surface area contributed by atoms with Crippen LogP contribution in [0, 0.1) is 0 Å². The second-order valence-electron chi connectivity index (χ2n) is 5.52. The lowest BCUT2D eigenvalue weighted by atomic mass is 10.1. The van der Waals surface area contributed by atoms with E-state index in [1.807, 2.05) is 41.2 Å². The van der Waals surface area contributed by atoms with Crippen molar-refractivity contribution in [1.29, 1.82) is 0 Å². The molecule has 2 N–H and O–H groups in total. The molecular formula is C16H18N6. The van der Waals surface area contributed by atoms with Gasteiger partial charge in [-0.05, 0) is 38.1 Å². The first-order valence-corrected chi connectivity index (χ1v) is 7.63. The number of nitrogens with zero attached hydrogens (tertiary/aromatic N) is 4. The minimum atomic E-state index is 0.415. The van der Waals surface area contributed by atoms with Crippen LogP contribution >= 0.6 is 0 Å². The van der Waals surface area contributed by atoms with E-state index in [1.165, 1.54) is 0 Å². The van der Waals surface area contributed by atoms with Gasteiger partial charge in [-0.2, -0.15) is 5.10 Å². The van der Waals surface area contributed by atoms with E-state index in [9.17, 15) is 0 Å². The van der Waals surface area contributed by atoms with Gasteiger partial charge in [-0.3, -0.25) is 0 Å². The van der Waals surface area contributed by atoms with Crippen LogP contribution in [0.15, 0.2) is 42.9 Å². The van der Waals surface area contributed by atoms with Gasteiger partial charge in [0.05, 0.1) is 17.6 Å². The van der Waals surface area contributed by atoms with Crippen LogP contribution in [0.5, 0.6) is 0 Å². The van der Waals surface area contributed by atoms with Gasteiger partial charge in [0.2, 0.25) is 0 Å². The summed E-state index contributed by atoms with van der Waals surface area (Å²) in [6, 6.07) is 10.4. The maximum Gasteiger partial charge on any atom is 0.163 e. The van der Waals surface area contributed by atoms with E-state index in [-0.39, 0.29) is 0 Å². The molecule has 6 nitrogen and oxygen atoms in total. The zero-order valence-electron chi connectivity index (χ0n) is 12.2. The summed E-state index contributed by atoms with van der Waals surface area (Å²) in [5.41, 5.74) is 1.91. The Labute approximate surface area is 128 Å². The highest BCUT2D eigenvalue weighted by atomic mass is 15.3. The molecule has 0 bridgehead atoms. The number of rotatable bonds is 3. The molecule has 1 aliphatic heterocycles. The maximum absolute atomic E-state index is 4.57. The Morgan fingerprint density at radius 3 is 2.73 bits per heavy atom. The van der Waals surface area contributed by atoms with E-state index in [2.05, 4.69) is 25.7 Å². The second kappa shape index (κ2) is 5.73. The van der Waals surface area contributed by atoms with E-state index >= 15 is 0 Å². The molecule has 4 rings (SSSR count). The molecule has 0 amide bonds. The fourth-order valence-electron chi connectivity index (χ4n) is 2.94. The summed E-state index contributed by atoms with van der Waals surface area (Å²) in [6.45, 7) is 2.07. The molecule has 0 unspecified atom stereocenters. The van der Waals surface area contributed by atoms with Crippen LogP contribution in [0.2, 0.25) is 0 Å². The van der Waals surface area contributed by atoms with Crippen LogP contribution < -0.4 is 10.6 Å². The van der Waals surface area contributed by atoms with Crippen molar-refractivity contribution in [3.05, 3.63) is 42.9 Å². The summed E-state index contributed by atoms with van der Waals surface area (Å²) in [4.78, 5) is 8.82. The molecule has 22 heavy (non-hydrogen) atoms. The fraction of sp³-hybridized carbons (Fsp3) is 0.312. The Bertz CT molecular complexity index is 761. The standard InChI is InChI=1S/C16H18N6/c1-2-4-12(5-3-1)21-15-14-10-20-22(16(14)19-11-18-15)13-6-8-17-9-7-13/h1-5,10-11,13,17H,6-9H2,(H,18,19,21). The van der Waals surface area contributed by atoms with Crippen LogP contribution in [-0.4, -0.2) is 32.8 Å². The van der Waals surface area contributed by atoms with Crippen molar-refractivity contribution in [3.63, 3.8) is 0 Å². The lowest BCUT2D eigenvalue weighted by molar-refractivity contribution is 0.349. The predicted molar refractivity (Wildman–Crippen MR) is 86.2 cm³/mol. The quantitative estimate of drug-likeness (QED) is 0.777. The van der Waals surface area contributed by atoms with Crippen LogP contribution in [0.4, 0.5) is 11.5 Å². The lowest BCUT2D eigenvalue weighted by Crippen LogP contribution is -2.29. The summed E-state index contributed by atoms with van der Waals surface area (Å²) in [7, 11) is 0. The number of nitrogens with one attached hydrogen (secondary N) is 2. The van der Waals surface area contributed by atoms with Crippen molar-refractivity contribution in [3.8, 4) is 0 Å². The van der Waals surface area contributed by atoms with E-state index in [4.69, 9.17) is 0 Å². The molecular weight excluding hydrogens is 276 g/mol. The molecule has 3 heterocycles. The van der Waals surface area contributed by atoms with Gasteiger partial charge in [-0.1, -0.05) is 18.2 Å². The SMILES string of the molecule is c1ccc(Nc2ncnc3c2cnn3C2CCNCC2)cc1. The first kappa shape index (κ1) is 13.2. The van der Waals surface area contributed by atoms with E-state index in [1.54, 1.807) is 6.33 Å². The predicted octanol–water partition coefficient (Wildman–Crippen LogP) is 2.49. The number of hydrogen-bond acceptors (Lipinski definition) is 5. The lowest BCUT2D eigenvalue weighted by Gasteiger charge is -2.23. The maximum atomic E-state index is 4.57. The molecule has 1 aromatic carbocycles. The number of anilines is 2. The summed E-state index contributed by atoms with van der Waals surface area (Å²) >= 11 is 0. The smallest absolute Gasteiger partial charge is 0.163 e. The van der Waals surface area contributed by atoms with Gasteiger partial charge >= 0.3 is 0 Å². The van der Waals surface area contributed by atoms with Crippen molar-refractivity contribution in [2.45, 2.75) is 18.9 Å². The van der Waals surface area contributed by atoms with Crippen LogP contribution in [-0.2, 0) is 0 Å². The summed E-state index contributed by atoms with van der Waals surface area (Å²) in [6.07, 6.45) is 5.64. The van der Waals surface area contributed by atoms with Crippen LogP contribution in [0.25, 0.3) is 11.0 Å². The van der Waals surface area contributed by atoms with Gasteiger partial charge in [0.25, 0.3) is 0 Å². The molecule has 0 saturated carbocycles. The minimum Gasteiger partial charge on any atom is -0.340 e. The van der Waals surface area contributed by atoms with Gasteiger partial charge in [0.1, 0.15) is 12.1 Å². The number of fused-ring (bicyclic) bond motifs is 1. The third-order valence-corrected chi connectivity index (χ3v) is 4.08. The summed E-state index contributed by atoms with van der Waals surface area (Å²) in [5.74, 6) is 0.802. The fourth-order valence-corrected chi connectivity index (χ4v) is 2.94. The van der Waals surface area contributed by atoms with Crippen molar-refractivity contribution >= 4 is 22.5 Å². The van der Waals surface area contributed by atoms with Gasteiger partial charge < -0.3 is 10.6 Å². The largest absolute Gasteiger partial charge is 0.340 e. The monoisotopic (exact) mass is 294 g/mol. The number of benzene rings is 1. The Morgan fingerprint density at radius 2 is 1.91 bits per heavy atom. The van der Waals surface area contributed by atoms with Gasteiger partial charge in [0.15, 0.2) is 5.65 Å². The Kier molecular flexibility index (Phi) is 3.44. The second-order valence-corrected chi connectivity index (χ2v) is 5.52. The highest BCUT2D eigenvalue weighted by Gasteiger charge is 2.19. The molecule has 0 aliphatic carbocycles. The molecule has 1 aliphatic rings. The molecule has 0 radical (unpaired) electrons. The van der Waals surface area contributed by atoms with E-state index < -0.39 is 0 Å². The first-order chi connectivity index (χ1) is 10.9. The third kappa shape index (κ3) is 2.42. The Balaban J connectivity index is 1.70. The molecule has 2 aromatic heterocycles. The average molecular weight is 294 g/mol. The molecule has 0 spiro atoms. The van der Waals surface area contributed by atoms with Crippen molar-refractivity contribution in [2.24, 2.45) is 0 Å². The van der Waals surface area contributed by atoms with Crippen molar-refractivity contribution < 1.29 is 0 Å². The highest BCUT2D eigenvalue weighted by molar-refractivity contribution is 5.88. The Morgan fingerprint density at radius 1 is 1.09 bits per heavy atom. The van der Waals surface area contributed by atoms with Crippen molar-refractivity contribution in [1.82, 2.24) is 25.1 Å². The summed E-state index contributed by atoms with van der Waals surface area (Å²) < 4.78 is 2.05. The highest BCUT2D eigenvalue weighted by Crippen LogP contribution is 2.27. The molecule has 1 saturated heterocycles. The number of aromatic nitrogens is 4. The van der Waals surface area contributed by atoms with Gasteiger partial charge in [-0.15, -0.1) is 0 Å². The van der Waals surface area contributed by atoms with E-state index in [0.29, 0.717) is 6.04 Å². The van der Waals surface area contributed by atoms with Gasteiger partial charge in [0, 0.05) is 5.69 Å². The number of hydrogen-bond donors (Lipinski definition) is 2. The Hall–Kier alpha value is -2.47. The van der Waals surface area contributed by atoms with E-state index in [0.717, 1.165) is 48.5 Å². The van der Waals surface area contributed by atoms with Gasteiger partial charge in [-0.25, -0.2) is 14.6 Å². The van der Waals surface area contributed by atoms with Crippen LogP contribution in [0.1, 0.15) is 18.9 Å². The normalized spacial score (nSPS) is 16.0. The number of piperidine rings is 1. The molecule has 1 fully saturated rings. The van der Waals surface area contributed by atoms with Crippen molar-refractivity contribution in [2.75, 3.05) is 18.4 Å². The molecule has 6 heteroatoms. The molecule has 3 aromatic rings.